The number of hydrogen-bond donors (Lipinski definition) is 1. The van der Waals surface area contributed by atoms with Crippen LogP contribution in [0.4, 0.5) is 11.4 Å². The van der Waals surface area contributed by atoms with Crippen molar-refractivity contribution in [1.29, 1.82) is 0 Å². The van der Waals surface area contributed by atoms with E-state index in [1.165, 1.54) is 16.4 Å². The van der Waals surface area contributed by atoms with Crippen LogP contribution in [0.2, 0.25) is 0 Å². The molecule has 1 atom stereocenters. The lowest BCUT2D eigenvalue weighted by Crippen LogP contribution is -2.40. The lowest BCUT2D eigenvalue weighted by molar-refractivity contribution is 0.0697. The van der Waals surface area contributed by atoms with E-state index in [4.69, 9.17) is 4.42 Å². The SMILES string of the molecule is CCCC[C@@H]1CN(c2ccccc2)c2cc3oc4ccc(C(=O)O)cc4c3cc2S(=O)(=O)N1C. The van der Waals surface area contributed by atoms with Crippen LogP contribution in [0, 0.1) is 0 Å². The molecule has 34 heavy (non-hydrogen) atoms. The Bertz CT molecular complexity index is 1490. The number of sulfonamides is 1. The predicted octanol–water partition coefficient (Wildman–Crippen LogP) is 5.62. The Balaban J connectivity index is 1.79. The van der Waals surface area contributed by atoms with E-state index in [1.807, 2.05) is 35.2 Å². The largest absolute Gasteiger partial charge is 0.478 e. The summed E-state index contributed by atoms with van der Waals surface area (Å²) in [6.07, 6.45) is 2.66. The van der Waals surface area contributed by atoms with Crippen molar-refractivity contribution in [2.45, 2.75) is 37.1 Å². The number of furan rings is 1. The Morgan fingerprint density at radius 3 is 2.50 bits per heavy atom. The van der Waals surface area contributed by atoms with Gasteiger partial charge in [-0.1, -0.05) is 38.0 Å². The van der Waals surface area contributed by atoms with Gasteiger partial charge in [-0.25, -0.2) is 13.2 Å². The number of anilines is 2. The Hall–Kier alpha value is -3.36. The van der Waals surface area contributed by atoms with E-state index in [2.05, 4.69) is 6.92 Å². The minimum Gasteiger partial charge on any atom is -0.478 e. The second kappa shape index (κ2) is 8.45. The minimum absolute atomic E-state index is 0.121. The summed E-state index contributed by atoms with van der Waals surface area (Å²) in [5.74, 6) is -1.05. The first-order chi connectivity index (χ1) is 16.3. The molecule has 0 radical (unpaired) electrons. The Labute approximate surface area is 198 Å². The van der Waals surface area contributed by atoms with Crippen molar-refractivity contribution in [2.24, 2.45) is 0 Å². The van der Waals surface area contributed by atoms with Crippen molar-refractivity contribution in [3.05, 3.63) is 66.2 Å². The highest BCUT2D eigenvalue weighted by molar-refractivity contribution is 7.89. The molecule has 1 aliphatic rings. The van der Waals surface area contributed by atoms with Gasteiger partial charge in [-0.15, -0.1) is 0 Å². The number of hydrogen-bond acceptors (Lipinski definition) is 5. The number of likely N-dealkylation sites (N-methyl/N-ethyl adjacent to an activating group) is 1. The predicted molar refractivity (Wildman–Crippen MR) is 132 cm³/mol. The van der Waals surface area contributed by atoms with Crippen LogP contribution in [0.3, 0.4) is 0 Å². The molecule has 1 aromatic heterocycles. The van der Waals surface area contributed by atoms with Crippen LogP contribution in [0.15, 0.2) is 70.0 Å². The molecule has 0 saturated heterocycles. The van der Waals surface area contributed by atoms with Crippen molar-refractivity contribution < 1.29 is 22.7 Å². The van der Waals surface area contributed by atoms with Gasteiger partial charge in [0, 0.05) is 42.2 Å². The summed E-state index contributed by atoms with van der Waals surface area (Å²) >= 11 is 0. The third-order valence-electron chi connectivity index (χ3n) is 6.61. The molecule has 0 saturated carbocycles. The zero-order valence-electron chi connectivity index (χ0n) is 19.1. The van der Waals surface area contributed by atoms with Crippen LogP contribution >= 0.6 is 0 Å². The fourth-order valence-electron chi connectivity index (χ4n) is 4.68. The van der Waals surface area contributed by atoms with Gasteiger partial charge in [0.1, 0.15) is 16.1 Å². The number of benzene rings is 3. The fourth-order valence-corrected chi connectivity index (χ4v) is 6.26. The van der Waals surface area contributed by atoms with Crippen molar-refractivity contribution in [3.63, 3.8) is 0 Å². The lowest BCUT2D eigenvalue weighted by atomic mass is 10.1. The quantitative estimate of drug-likeness (QED) is 0.401. The molecule has 4 aromatic rings. The number of unbranched alkanes of at least 4 members (excludes halogenated alkanes) is 1. The van der Waals surface area contributed by atoms with Gasteiger partial charge in [0.25, 0.3) is 0 Å². The van der Waals surface area contributed by atoms with Crippen LogP contribution in [-0.4, -0.2) is 43.4 Å². The molecule has 176 valence electrons. The molecule has 0 spiro atoms. The molecule has 3 aromatic carbocycles. The topological polar surface area (TPSA) is 91.1 Å². The number of aromatic carboxylic acids is 1. The molecule has 2 heterocycles. The first-order valence-corrected chi connectivity index (χ1v) is 12.8. The van der Waals surface area contributed by atoms with Crippen LogP contribution < -0.4 is 4.90 Å². The number of carboxylic acid groups (broad SMARTS) is 1. The lowest BCUT2D eigenvalue weighted by Gasteiger charge is -2.29. The van der Waals surface area contributed by atoms with Gasteiger partial charge in [-0.2, -0.15) is 4.31 Å². The van der Waals surface area contributed by atoms with Crippen molar-refractivity contribution >= 4 is 49.3 Å². The first kappa shape index (κ1) is 22.4. The van der Waals surface area contributed by atoms with Crippen molar-refractivity contribution in [3.8, 4) is 0 Å². The average Bonchev–Trinajstić information content (AvgIpc) is 3.17. The van der Waals surface area contributed by atoms with Crippen LogP contribution in [0.5, 0.6) is 0 Å². The highest BCUT2D eigenvalue weighted by Crippen LogP contribution is 2.42. The van der Waals surface area contributed by atoms with Crippen LogP contribution in [0.1, 0.15) is 36.5 Å². The number of para-hydroxylation sites is 1. The van der Waals surface area contributed by atoms with E-state index in [1.54, 1.807) is 25.2 Å². The molecule has 7 nitrogen and oxygen atoms in total. The number of nitrogens with zero attached hydrogens (tertiary/aromatic N) is 2. The van der Waals surface area contributed by atoms with Gasteiger partial charge in [-0.05, 0) is 42.8 Å². The molecule has 0 aliphatic carbocycles. The highest BCUT2D eigenvalue weighted by atomic mass is 32.2. The maximum atomic E-state index is 13.8. The Kier molecular flexibility index (Phi) is 5.58. The maximum absolute atomic E-state index is 13.8. The Morgan fingerprint density at radius 2 is 1.79 bits per heavy atom. The number of rotatable bonds is 5. The van der Waals surface area contributed by atoms with E-state index in [0.717, 1.165) is 24.9 Å². The van der Waals surface area contributed by atoms with Crippen molar-refractivity contribution in [2.75, 3.05) is 18.5 Å². The summed E-state index contributed by atoms with van der Waals surface area (Å²) in [4.78, 5) is 13.7. The summed E-state index contributed by atoms with van der Waals surface area (Å²) in [7, 11) is -2.16. The van der Waals surface area contributed by atoms with E-state index >= 15 is 0 Å². The van der Waals surface area contributed by atoms with Gasteiger partial charge in [-0.3, -0.25) is 0 Å². The normalized spacial score (nSPS) is 18.2. The third-order valence-corrected chi connectivity index (χ3v) is 8.55. The van der Waals surface area contributed by atoms with Crippen LogP contribution in [-0.2, 0) is 10.0 Å². The van der Waals surface area contributed by atoms with Crippen LogP contribution in [0.25, 0.3) is 21.9 Å². The molecule has 1 N–H and O–H groups in total. The standard InChI is InChI=1S/C26H26N2O5S/c1-3-4-8-19-16-28(18-9-6-5-7-10-18)22-15-24-21(14-25(22)34(31,32)27(19)2)20-13-17(26(29)30)11-12-23(20)33-24/h5-7,9-15,19H,3-4,8,16H2,1-2H3,(H,29,30)/t19-/m1/s1. The molecule has 5 rings (SSSR count). The molecular formula is C26H26N2O5S. The van der Waals surface area contributed by atoms with E-state index in [0.29, 0.717) is 34.2 Å². The van der Waals surface area contributed by atoms with Gasteiger partial charge < -0.3 is 14.4 Å². The van der Waals surface area contributed by atoms with Gasteiger partial charge in [0.05, 0.1) is 11.3 Å². The summed E-state index contributed by atoms with van der Waals surface area (Å²) in [6.45, 7) is 2.61. The summed E-state index contributed by atoms with van der Waals surface area (Å²) in [5.41, 5.74) is 2.61. The zero-order valence-corrected chi connectivity index (χ0v) is 19.9. The van der Waals surface area contributed by atoms with Gasteiger partial charge >= 0.3 is 5.97 Å². The van der Waals surface area contributed by atoms with Gasteiger partial charge in [0.15, 0.2) is 0 Å². The van der Waals surface area contributed by atoms with E-state index in [9.17, 15) is 18.3 Å². The Morgan fingerprint density at radius 1 is 1.06 bits per heavy atom. The van der Waals surface area contributed by atoms with E-state index in [-0.39, 0.29) is 16.5 Å². The number of carboxylic acids is 1. The van der Waals surface area contributed by atoms with Crippen molar-refractivity contribution in [1.82, 2.24) is 4.31 Å². The summed E-state index contributed by atoms with van der Waals surface area (Å²) in [5, 5.41) is 10.6. The molecular weight excluding hydrogens is 452 g/mol. The molecule has 0 fully saturated rings. The third kappa shape index (κ3) is 3.63. The number of carbonyl (C=O) groups is 1. The molecule has 1 aliphatic heterocycles. The van der Waals surface area contributed by atoms with E-state index < -0.39 is 16.0 Å². The molecule has 0 unspecified atom stereocenters. The highest BCUT2D eigenvalue weighted by Gasteiger charge is 2.37. The van der Waals surface area contributed by atoms with Gasteiger partial charge in [0.2, 0.25) is 10.0 Å². The smallest absolute Gasteiger partial charge is 0.335 e. The number of fused-ring (bicyclic) bond motifs is 4. The minimum atomic E-state index is -3.81. The average molecular weight is 479 g/mol. The maximum Gasteiger partial charge on any atom is 0.335 e. The first-order valence-electron chi connectivity index (χ1n) is 11.4. The summed E-state index contributed by atoms with van der Waals surface area (Å²) < 4.78 is 35.2. The zero-order chi connectivity index (χ0) is 24.0. The summed E-state index contributed by atoms with van der Waals surface area (Å²) in [6, 6.07) is 17.6. The monoisotopic (exact) mass is 478 g/mol. The second-order valence-electron chi connectivity index (χ2n) is 8.70. The fraction of sp³-hybridized carbons (Fsp3) is 0.269. The second-order valence-corrected chi connectivity index (χ2v) is 10.7. The molecule has 0 bridgehead atoms. The molecule has 8 heteroatoms. The molecule has 0 amide bonds.